The summed E-state index contributed by atoms with van der Waals surface area (Å²) in [5.74, 6) is 0.785. The second-order valence-electron chi connectivity index (χ2n) is 6.32. The monoisotopic (exact) mass is 356 g/mol. The second kappa shape index (κ2) is 7.00. The van der Waals surface area contributed by atoms with E-state index in [0.29, 0.717) is 5.69 Å². The van der Waals surface area contributed by atoms with Crippen LogP contribution in [0.15, 0.2) is 89.7 Å². The fraction of sp³-hybridized carbons (Fsp3) is 0.0870. The molecule has 4 heteroatoms. The maximum atomic E-state index is 13.4. The number of hydrogen-bond donors (Lipinski definition) is 0. The summed E-state index contributed by atoms with van der Waals surface area (Å²) in [6.07, 6.45) is 0. The topological polar surface area (TPSA) is 34.5 Å². The van der Waals surface area contributed by atoms with Gasteiger partial charge >= 0.3 is 0 Å². The molecule has 3 aromatic carbocycles. The van der Waals surface area contributed by atoms with Gasteiger partial charge in [-0.1, -0.05) is 36.4 Å². The van der Waals surface area contributed by atoms with Crippen molar-refractivity contribution >= 4 is 22.3 Å². The number of benzene rings is 3. The summed E-state index contributed by atoms with van der Waals surface area (Å²) >= 11 is 0. The van der Waals surface area contributed by atoms with E-state index in [1.165, 1.54) is 0 Å². The van der Waals surface area contributed by atoms with Gasteiger partial charge in [-0.15, -0.1) is 0 Å². The van der Waals surface area contributed by atoms with E-state index in [4.69, 9.17) is 4.74 Å². The fourth-order valence-corrected chi connectivity index (χ4v) is 3.26. The summed E-state index contributed by atoms with van der Waals surface area (Å²) < 4.78 is 7.00. The van der Waals surface area contributed by atoms with Crippen LogP contribution in [0.25, 0.3) is 16.6 Å². The second-order valence-corrected chi connectivity index (χ2v) is 6.32. The highest BCUT2D eigenvalue weighted by Crippen LogP contribution is 2.27. The lowest BCUT2D eigenvalue weighted by Gasteiger charge is -2.21. The molecule has 1 aromatic heterocycles. The van der Waals surface area contributed by atoms with Gasteiger partial charge in [0.25, 0.3) is 5.56 Å². The zero-order valence-corrected chi connectivity index (χ0v) is 15.3. The Hall–Kier alpha value is -3.53. The van der Waals surface area contributed by atoms with Gasteiger partial charge in [0, 0.05) is 23.8 Å². The minimum atomic E-state index is -0.0572. The van der Waals surface area contributed by atoms with Crippen LogP contribution >= 0.6 is 0 Å². The Labute approximate surface area is 157 Å². The summed E-state index contributed by atoms with van der Waals surface area (Å²) in [6.45, 7) is 0. The largest absolute Gasteiger partial charge is 0.497 e. The molecule has 0 atom stereocenters. The Morgan fingerprint density at radius 1 is 0.852 bits per heavy atom. The number of para-hydroxylation sites is 2. The smallest absolute Gasteiger partial charge is 0.279 e. The number of rotatable bonds is 4. The van der Waals surface area contributed by atoms with E-state index in [0.717, 1.165) is 28.0 Å². The molecule has 0 fully saturated rings. The first-order chi connectivity index (χ1) is 13.2. The number of methoxy groups -OCH3 is 1. The maximum Gasteiger partial charge on any atom is 0.279 e. The molecule has 0 saturated heterocycles. The molecule has 27 heavy (non-hydrogen) atoms. The number of nitrogens with zero attached hydrogens (tertiary/aromatic N) is 2. The molecule has 0 aliphatic carbocycles. The van der Waals surface area contributed by atoms with Crippen molar-refractivity contribution in [2.45, 2.75) is 0 Å². The number of hydrogen-bond acceptors (Lipinski definition) is 3. The highest BCUT2D eigenvalue weighted by Gasteiger charge is 2.15. The molecule has 0 spiro atoms. The molecule has 0 amide bonds. The number of aromatic nitrogens is 1. The van der Waals surface area contributed by atoms with Crippen molar-refractivity contribution in [3.8, 4) is 11.4 Å². The normalized spacial score (nSPS) is 10.7. The standard InChI is InChI=1S/C23H20N2O2/c1-24(18-12-14-20(27-2)15-13-18)22-16-17-8-6-7-11-21(17)25(23(22)26)19-9-4-3-5-10-19/h3-16H,1-2H3. The van der Waals surface area contributed by atoms with Crippen LogP contribution in [-0.4, -0.2) is 18.7 Å². The van der Waals surface area contributed by atoms with Crippen molar-refractivity contribution in [2.24, 2.45) is 0 Å². The zero-order chi connectivity index (χ0) is 18.8. The van der Waals surface area contributed by atoms with Gasteiger partial charge < -0.3 is 9.64 Å². The molecule has 4 nitrogen and oxygen atoms in total. The molecule has 134 valence electrons. The number of fused-ring (bicyclic) bond motifs is 1. The van der Waals surface area contributed by atoms with E-state index < -0.39 is 0 Å². The van der Waals surface area contributed by atoms with E-state index in [-0.39, 0.29) is 5.56 Å². The van der Waals surface area contributed by atoms with Crippen LogP contribution in [0, 0.1) is 0 Å². The fourth-order valence-electron chi connectivity index (χ4n) is 3.26. The van der Waals surface area contributed by atoms with E-state index in [2.05, 4.69) is 0 Å². The third-order valence-corrected chi connectivity index (χ3v) is 4.73. The summed E-state index contributed by atoms with van der Waals surface area (Å²) in [6, 6.07) is 27.3. The van der Waals surface area contributed by atoms with Gasteiger partial charge in [0.05, 0.1) is 12.6 Å². The van der Waals surface area contributed by atoms with Gasteiger partial charge in [0.15, 0.2) is 0 Å². The Balaban J connectivity index is 1.93. The van der Waals surface area contributed by atoms with Crippen molar-refractivity contribution < 1.29 is 4.74 Å². The third kappa shape index (κ3) is 3.06. The van der Waals surface area contributed by atoms with Crippen LogP contribution in [0.4, 0.5) is 11.4 Å². The van der Waals surface area contributed by atoms with E-state index >= 15 is 0 Å². The van der Waals surface area contributed by atoms with Crippen LogP contribution in [0.2, 0.25) is 0 Å². The minimum absolute atomic E-state index is 0.0572. The number of ether oxygens (including phenoxy) is 1. The van der Waals surface area contributed by atoms with Crippen molar-refractivity contribution in [3.63, 3.8) is 0 Å². The van der Waals surface area contributed by atoms with Crippen molar-refractivity contribution in [1.29, 1.82) is 0 Å². The van der Waals surface area contributed by atoms with E-state index in [1.807, 2.05) is 96.9 Å². The average molecular weight is 356 g/mol. The van der Waals surface area contributed by atoms with Crippen LogP contribution in [0.5, 0.6) is 5.75 Å². The number of pyridine rings is 1. The van der Waals surface area contributed by atoms with Crippen LogP contribution in [0.3, 0.4) is 0 Å². The third-order valence-electron chi connectivity index (χ3n) is 4.73. The molecule has 4 aromatic rings. The molecule has 0 radical (unpaired) electrons. The quantitative estimate of drug-likeness (QED) is 0.528. The maximum absolute atomic E-state index is 13.4. The minimum Gasteiger partial charge on any atom is -0.497 e. The summed E-state index contributed by atoms with van der Waals surface area (Å²) in [4.78, 5) is 15.3. The molecular weight excluding hydrogens is 336 g/mol. The van der Waals surface area contributed by atoms with Gasteiger partial charge in [-0.05, 0) is 48.5 Å². The van der Waals surface area contributed by atoms with Crippen molar-refractivity contribution in [2.75, 3.05) is 19.1 Å². The Kier molecular flexibility index (Phi) is 4.38. The molecule has 0 bridgehead atoms. The summed E-state index contributed by atoms with van der Waals surface area (Å²) in [5.41, 5.74) is 3.22. The lowest BCUT2D eigenvalue weighted by molar-refractivity contribution is 0.415. The first-order valence-corrected chi connectivity index (χ1v) is 8.77. The molecule has 0 unspecified atom stereocenters. The molecular formula is C23H20N2O2. The highest BCUT2D eigenvalue weighted by molar-refractivity contribution is 5.85. The summed E-state index contributed by atoms with van der Waals surface area (Å²) in [5, 5.41) is 1.01. The zero-order valence-electron chi connectivity index (χ0n) is 15.3. The predicted molar refractivity (Wildman–Crippen MR) is 111 cm³/mol. The van der Waals surface area contributed by atoms with Gasteiger partial charge in [-0.3, -0.25) is 9.36 Å². The summed E-state index contributed by atoms with van der Waals surface area (Å²) in [7, 11) is 3.54. The van der Waals surface area contributed by atoms with Gasteiger partial charge in [-0.2, -0.15) is 0 Å². The van der Waals surface area contributed by atoms with Gasteiger partial charge in [-0.25, -0.2) is 0 Å². The Morgan fingerprint density at radius 3 is 2.22 bits per heavy atom. The number of anilines is 2. The molecule has 0 aliphatic rings. The molecule has 4 rings (SSSR count). The molecule has 0 saturated carbocycles. The van der Waals surface area contributed by atoms with Crippen LogP contribution in [-0.2, 0) is 0 Å². The van der Waals surface area contributed by atoms with Crippen LogP contribution < -0.4 is 15.2 Å². The lowest BCUT2D eigenvalue weighted by Crippen LogP contribution is -2.26. The van der Waals surface area contributed by atoms with Crippen LogP contribution in [0.1, 0.15) is 0 Å². The Morgan fingerprint density at radius 2 is 1.52 bits per heavy atom. The first-order valence-electron chi connectivity index (χ1n) is 8.77. The van der Waals surface area contributed by atoms with Crippen molar-refractivity contribution in [1.82, 2.24) is 4.57 Å². The highest BCUT2D eigenvalue weighted by atomic mass is 16.5. The van der Waals surface area contributed by atoms with Crippen molar-refractivity contribution in [3.05, 3.63) is 95.3 Å². The lowest BCUT2D eigenvalue weighted by atomic mass is 10.1. The average Bonchev–Trinajstić information content (AvgIpc) is 2.73. The first kappa shape index (κ1) is 16.9. The SMILES string of the molecule is COc1ccc(N(C)c2cc3ccccc3n(-c3ccccc3)c2=O)cc1. The van der Waals surface area contributed by atoms with E-state index in [1.54, 1.807) is 11.7 Å². The van der Waals surface area contributed by atoms with E-state index in [9.17, 15) is 4.79 Å². The Bertz CT molecular complexity index is 1130. The molecule has 0 aliphatic heterocycles. The molecule has 0 N–H and O–H groups in total. The van der Waals surface area contributed by atoms with Gasteiger partial charge in [0.2, 0.25) is 0 Å². The molecule has 1 heterocycles. The van der Waals surface area contributed by atoms with Gasteiger partial charge in [0.1, 0.15) is 11.4 Å². The predicted octanol–water partition coefficient (Wildman–Crippen LogP) is 4.77.